The second-order valence-electron chi connectivity index (χ2n) is 15.7. The molecule has 2 aromatic heterocycles. The minimum absolute atomic E-state index is 0.0331. The number of amides is 2. The van der Waals surface area contributed by atoms with E-state index in [0.29, 0.717) is 12.2 Å². The van der Waals surface area contributed by atoms with Gasteiger partial charge in [-0.3, -0.25) is 32.5 Å². The maximum absolute atomic E-state index is 12.7. The first-order chi connectivity index (χ1) is 28.9. The average molecular weight is 964 g/mol. The molecule has 62 heavy (non-hydrogen) atoms. The Morgan fingerprint density at radius 2 is 1.58 bits per heavy atom. The molecule has 0 aliphatic carbocycles. The normalized spacial score (nSPS) is 20.8. The summed E-state index contributed by atoms with van der Waals surface area (Å²) in [5, 5.41) is 26.6. The molecule has 3 heterocycles. The van der Waals surface area contributed by atoms with E-state index >= 15 is 0 Å². The van der Waals surface area contributed by atoms with Gasteiger partial charge >= 0.3 is 23.5 Å². The Morgan fingerprint density at radius 3 is 2.24 bits per heavy atom. The molecule has 28 heteroatoms. The van der Waals surface area contributed by atoms with Crippen molar-refractivity contribution in [3.63, 3.8) is 0 Å². The van der Waals surface area contributed by atoms with Gasteiger partial charge in [-0.1, -0.05) is 84.4 Å². The van der Waals surface area contributed by atoms with Gasteiger partial charge in [-0.2, -0.15) is 4.31 Å². The van der Waals surface area contributed by atoms with Crippen molar-refractivity contribution in [1.29, 1.82) is 0 Å². The molecule has 0 bridgehead atoms. The summed E-state index contributed by atoms with van der Waals surface area (Å²) in [6.45, 7) is 5.03. The third-order valence-electron chi connectivity index (χ3n) is 9.43. The molecule has 0 saturated carbocycles. The molecule has 0 spiro atoms. The van der Waals surface area contributed by atoms with E-state index in [1.807, 2.05) is 0 Å². The number of thioether (sulfide) groups is 1. The molecule has 2 amide bonds. The van der Waals surface area contributed by atoms with Gasteiger partial charge in [-0.15, -0.1) is 0 Å². The average Bonchev–Trinajstić information content (AvgIpc) is 3.73. The Hall–Kier alpha value is -2.44. The number of nitrogens with one attached hydrogen (secondary N) is 2. The fourth-order valence-corrected chi connectivity index (χ4v) is 9.62. The van der Waals surface area contributed by atoms with Crippen LogP contribution >= 0.6 is 35.2 Å². The highest BCUT2D eigenvalue weighted by Gasteiger charge is 2.50. The van der Waals surface area contributed by atoms with Crippen molar-refractivity contribution in [3.8, 4) is 0 Å². The number of nitrogen functional groups attached to an aromatic ring is 1. The quantitative estimate of drug-likeness (QED) is 0.0418. The molecule has 10 N–H and O–H groups in total. The van der Waals surface area contributed by atoms with Gasteiger partial charge in [0.15, 0.2) is 22.8 Å². The summed E-state index contributed by atoms with van der Waals surface area (Å²) in [5.74, 6) is -0.288. The first-order valence-corrected chi connectivity index (χ1v) is 25.5. The summed E-state index contributed by atoms with van der Waals surface area (Å²) >= 11 is 1.15. The maximum Gasteiger partial charge on any atom is 0.481 e. The van der Waals surface area contributed by atoms with Gasteiger partial charge in [0.1, 0.15) is 36.3 Å². The number of nitrogens with zero attached hydrogens (tertiary/aromatic N) is 4. The minimum Gasteiger partial charge on any atom is -0.386 e. The van der Waals surface area contributed by atoms with Gasteiger partial charge in [0.05, 0.1) is 19.5 Å². The van der Waals surface area contributed by atoms with Crippen LogP contribution in [-0.2, 0) is 50.7 Å². The van der Waals surface area contributed by atoms with Gasteiger partial charge in [-0.25, -0.2) is 28.6 Å². The number of aliphatic hydroxyl groups is 2. The zero-order valence-electron chi connectivity index (χ0n) is 35.0. The predicted molar refractivity (Wildman–Crippen MR) is 223 cm³/mol. The molecule has 2 unspecified atom stereocenters. The molecule has 0 radical (unpaired) electrons. The standard InChI is InChI=1S/C34H60N7O17P3S/c1-22(2)12-10-8-6-5-7-9-11-13-25(43)62-17-16-36-24(42)14-15-37-32(46)29(45)34(3,4)19-55-61(52,53)58-60(50,51)54-18-23-28(57-59(47,48)49)27(44)33(56-23)41-21-40-26-30(35)38-20-39-31(26)41/h20-23,27-29,33,44-45H,5-19H2,1-4H3,(H,36,42)(H,37,46)(H,50,51)(H,52,53)(H2,35,38,39)(H2,47,48,49)/t23-,27-,28-,29+,33-/m1/s1. The highest BCUT2D eigenvalue weighted by atomic mass is 32.2. The highest BCUT2D eigenvalue weighted by molar-refractivity contribution is 8.13. The Balaban J connectivity index is 1.37. The number of anilines is 1. The molecule has 1 saturated heterocycles. The van der Waals surface area contributed by atoms with Crippen LogP contribution < -0.4 is 16.4 Å². The van der Waals surface area contributed by atoms with E-state index in [1.54, 1.807) is 0 Å². The van der Waals surface area contributed by atoms with Gasteiger partial charge in [0.2, 0.25) is 11.8 Å². The zero-order valence-corrected chi connectivity index (χ0v) is 38.5. The predicted octanol–water partition coefficient (Wildman–Crippen LogP) is 2.83. The van der Waals surface area contributed by atoms with Gasteiger partial charge < -0.3 is 50.9 Å². The molecule has 3 rings (SSSR count). The Bertz CT molecular complexity index is 1920. The summed E-state index contributed by atoms with van der Waals surface area (Å²) in [4.78, 5) is 88.1. The SMILES string of the molecule is CC(C)CCCCCCCCCC(=O)SCCNC(=O)CCNC(=O)[C@H](O)C(C)(C)COP(=O)(O)OP(=O)(O)OC[C@H]1O[C@@H](n2cnc3c(N)ncnc32)[C@H](O)[C@@H]1OP(=O)(O)O. The number of imidazole rings is 1. The van der Waals surface area contributed by atoms with E-state index in [2.05, 4.69) is 48.3 Å². The topological polar surface area (TPSA) is 364 Å². The highest BCUT2D eigenvalue weighted by Crippen LogP contribution is 2.61. The van der Waals surface area contributed by atoms with E-state index in [-0.39, 0.29) is 41.6 Å². The van der Waals surface area contributed by atoms with E-state index in [9.17, 15) is 57.9 Å². The van der Waals surface area contributed by atoms with Gasteiger partial charge in [-0.05, 0) is 12.3 Å². The van der Waals surface area contributed by atoms with Crippen molar-refractivity contribution in [2.75, 3.05) is 37.8 Å². The van der Waals surface area contributed by atoms with Crippen LogP contribution in [0.3, 0.4) is 0 Å². The smallest absolute Gasteiger partial charge is 0.386 e. The molecule has 1 fully saturated rings. The van der Waals surface area contributed by atoms with E-state index in [4.69, 9.17) is 19.5 Å². The largest absolute Gasteiger partial charge is 0.481 e. The van der Waals surface area contributed by atoms with E-state index < -0.39 is 84.6 Å². The lowest BCUT2D eigenvalue weighted by atomic mass is 9.87. The first kappa shape index (κ1) is 53.9. The Labute approximate surface area is 363 Å². The third-order valence-corrected chi connectivity index (χ3v) is 13.5. The number of rotatable bonds is 29. The van der Waals surface area contributed by atoms with Crippen molar-refractivity contribution >= 4 is 69.1 Å². The Morgan fingerprint density at radius 1 is 0.935 bits per heavy atom. The molecule has 24 nitrogen and oxygen atoms in total. The number of carbonyl (C=O) groups is 3. The number of hydrogen-bond acceptors (Lipinski definition) is 18. The molecule has 1 aliphatic heterocycles. The summed E-state index contributed by atoms with van der Waals surface area (Å²) in [5.41, 5.74) is 4.28. The van der Waals surface area contributed by atoms with Crippen molar-refractivity contribution in [3.05, 3.63) is 12.7 Å². The number of ether oxygens (including phenoxy) is 1. The molecule has 0 aromatic carbocycles. The molecular formula is C34H60N7O17P3S. The molecule has 7 atom stereocenters. The number of aromatic nitrogens is 4. The summed E-state index contributed by atoms with van der Waals surface area (Å²) in [7, 11) is -16.4. The number of unbranched alkanes of at least 4 members (excludes halogenated alkanes) is 6. The number of carbonyl (C=O) groups excluding carboxylic acids is 3. The minimum atomic E-state index is -5.57. The second-order valence-corrected chi connectivity index (χ2v) is 21.1. The summed E-state index contributed by atoms with van der Waals surface area (Å²) < 4.78 is 62.3. The third kappa shape index (κ3) is 18.6. The van der Waals surface area contributed by atoms with Gasteiger partial charge in [0.25, 0.3) is 0 Å². The van der Waals surface area contributed by atoms with Crippen LogP contribution in [0.4, 0.5) is 5.82 Å². The first-order valence-electron chi connectivity index (χ1n) is 20.0. The van der Waals surface area contributed by atoms with Crippen LogP contribution in [0.5, 0.6) is 0 Å². The van der Waals surface area contributed by atoms with Crippen LogP contribution in [0, 0.1) is 11.3 Å². The Kier molecular flexibility index (Phi) is 21.5. The maximum atomic E-state index is 12.7. The fourth-order valence-electron chi connectivity index (χ4n) is 6.07. The fraction of sp³-hybridized carbons (Fsp3) is 0.765. The number of nitrogens with two attached hydrogens (primary N) is 1. The van der Waals surface area contributed by atoms with Crippen molar-refractivity contribution < 1.29 is 80.5 Å². The molecule has 2 aromatic rings. The number of aliphatic hydroxyl groups excluding tert-OH is 2. The summed E-state index contributed by atoms with van der Waals surface area (Å²) in [6.07, 6.45) is 2.73. The van der Waals surface area contributed by atoms with Crippen LogP contribution in [-0.4, -0.2) is 123 Å². The number of hydrogen-bond donors (Lipinski definition) is 9. The summed E-state index contributed by atoms with van der Waals surface area (Å²) in [6, 6.07) is 0. The van der Waals surface area contributed by atoms with Crippen LogP contribution in [0.25, 0.3) is 11.2 Å². The molecule has 1 aliphatic rings. The van der Waals surface area contributed by atoms with Crippen LogP contribution in [0.2, 0.25) is 0 Å². The molecule has 354 valence electrons. The van der Waals surface area contributed by atoms with Crippen molar-refractivity contribution in [1.82, 2.24) is 30.2 Å². The van der Waals surface area contributed by atoms with Crippen LogP contribution in [0.1, 0.15) is 98.1 Å². The lowest BCUT2D eigenvalue weighted by molar-refractivity contribution is -0.137. The monoisotopic (exact) mass is 963 g/mol. The van der Waals surface area contributed by atoms with Gasteiger partial charge in [0, 0.05) is 37.1 Å². The van der Waals surface area contributed by atoms with E-state index in [1.165, 1.54) is 46.0 Å². The number of phosphoric acid groups is 3. The lowest BCUT2D eigenvalue weighted by Crippen LogP contribution is -2.46. The number of phosphoric ester groups is 3. The van der Waals surface area contributed by atoms with E-state index in [0.717, 1.165) is 54.2 Å². The number of fused-ring (bicyclic) bond motifs is 1. The van der Waals surface area contributed by atoms with Crippen LogP contribution in [0.15, 0.2) is 12.7 Å². The van der Waals surface area contributed by atoms with Crippen molar-refractivity contribution in [2.24, 2.45) is 11.3 Å². The zero-order chi connectivity index (χ0) is 46.3. The molecular weight excluding hydrogens is 903 g/mol. The lowest BCUT2D eigenvalue weighted by Gasteiger charge is -2.30. The second kappa shape index (κ2) is 24.7. The van der Waals surface area contributed by atoms with Crippen molar-refractivity contribution in [2.45, 2.75) is 123 Å².